The first kappa shape index (κ1) is 17.9. The molecular weight excluding hydrogens is 226 g/mol. The van der Waals surface area contributed by atoms with Crippen LogP contribution in [-0.4, -0.2) is 37.0 Å². The maximum absolute atomic E-state index is 9.35. The first-order valence-electron chi connectivity index (χ1n) is 7.62. The van der Waals surface area contributed by atoms with Crippen LogP contribution < -0.4 is 5.32 Å². The predicted molar refractivity (Wildman–Crippen MR) is 78.0 cm³/mol. The summed E-state index contributed by atoms with van der Waals surface area (Å²) in [5.41, 5.74) is -0.115. The molecule has 1 atom stereocenters. The normalized spacial score (nSPS) is 14.7. The third-order valence-electron chi connectivity index (χ3n) is 3.36. The fourth-order valence-electron chi connectivity index (χ4n) is 2.10. The molecule has 18 heavy (non-hydrogen) atoms. The summed E-state index contributed by atoms with van der Waals surface area (Å²) in [5.74, 6) is 0. The van der Waals surface area contributed by atoms with Crippen molar-refractivity contribution in [2.75, 3.05) is 26.4 Å². The molecule has 0 radical (unpaired) electrons. The van der Waals surface area contributed by atoms with Gasteiger partial charge < -0.3 is 15.2 Å². The van der Waals surface area contributed by atoms with Gasteiger partial charge in [-0.25, -0.2) is 0 Å². The fraction of sp³-hybridized carbons (Fsp3) is 1.00. The molecule has 0 heterocycles. The number of nitrogens with one attached hydrogen (secondary N) is 1. The molecule has 0 aliphatic heterocycles. The molecule has 110 valence electrons. The number of unbranched alkanes of at least 4 members (excludes halogenated alkanes) is 4. The van der Waals surface area contributed by atoms with E-state index < -0.39 is 0 Å². The summed E-state index contributed by atoms with van der Waals surface area (Å²) in [6.45, 7) is 9.27. The standard InChI is InChI=1S/C15H33NO2/c1-4-6-7-9-12-18-13-10-8-11-15(3,14-17)16-5-2/h16-17H,4-14H2,1-3H3. The van der Waals surface area contributed by atoms with Crippen molar-refractivity contribution in [1.82, 2.24) is 5.32 Å². The molecule has 0 fully saturated rings. The smallest absolute Gasteiger partial charge is 0.0610 e. The van der Waals surface area contributed by atoms with Gasteiger partial charge >= 0.3 is 0 Å². The molecule has 0 saturated carbocycles. The van der Waals surface area contributed by atoms with E-state index in [2.05, 4.69) is 26.1 Å². The Bertz CT molecular complexity index is 176. The Hall–Kier alpha value is -0.120. The number of ether oxygens (including phenoxy) is 1. The molecule has 0 aliphatic rings. The van der Waals surface area contributed by atoms with Crippen LogP contribution in [0.2, 0.25) is 0 Å². The highest BCUT2D eigenvalue weighted by Crippen LogP contribution is 2.13. The van der Waals surface area contributed by atoms with E-state index in [-0.39, 0.29) is 12.1 Å². The van der Waals surface area contributed by atoms with Gasteiger partial charge in [-0.3, -0.25) is 0 Å². The van der Waals surface area contributed by atoms with Gasteiger partial charge in [-0.05, 0) is 39.2 Å². The van der Waals surface area contributed by atoms with Crippen LogP contribution in [0, 0.1) is 0 Å². The number of hydrogen-bond donors (Lipinski definition) is 2. The Kier molecular flexibility index (Phi) is 11.9. The molecule has 0 spiro atoms. The van der Waals surface area contributed by atoms with Crippen LogP contribution in [0.15, 0.2) is 0 Å². The number of aliphatic hydroxyl groups excluding tert-OH is 1. The molecule has 0 bridgehead atoms. The van der Waals surface area contributed by atoms with Crippen LogP contribution in [0.3, 0.4) is 0 Å². The Labute approximate surface area is 113 Å². The summed E-state index contributed by atoms with van der Waals surface area (Å²) in [5, 5.41) is 12.7. The summed E-state index contributed by atoms with van der Waals surface area (Å²) in [6, 6.07) is 0. The highest BCUT2D eigenvalue weighted by molar-refractivity contribution is 4.81. The van der Waals surface area contributed by atoms with E-state index in [1.165, 1.54) is 25.7 Å². The lowest BCUT2D eigenvalue weighted by atomic mass is 9.96. The SMILES string of the molecule is CCCCCCOCCCCC(C)(CO)NCC. The van der Waals surface area contributed by atoms with Gasteiger partial charge in [-0.1, -0.05) is 33.1 Å². The zero-order chi connectivity index (χ0) is 13.7. The van der Waals surface area contributed by atoms with Crippen molar-refractivity contribution in [2.24, 2.45) is 0 Å². The molecule has 0 aromatic rings. The first-order valence-corrected chi connectivity index (χ1v) is 7.62. The Balaban J connectivity index is 3.33. The zero-order valence-corrected chi connectivity index (χ0v) is 12.6. The van der Waals surface area contributed by atoms with Crippen molar-refractivity contribution in [3.8, 4) is 0 Å². The lowest BCUT2D eigenvalue weighted by Gasteiger charge is -2.28. The molecule has 0 aliphatic carbocycles. The van der Waals surface area contributed by atoms with Crippen LogP contribution >= 0.6 is 0 Å². The number of rotatable bonds is 13. The van der Waals surface area contributed by atoms with Gasteiger partial charge in [-0.15, -0.1) is 0 Å². The molecule has 2 N–H and O–H groups in total. The van der Waals surface area contributed by atoms with Gasteiger partial charge in [0.2, 0.25) is 0 Å². The monoisotopic (exact) mass is 259 g/mol. The first-order chi connectivity index (χ1) is 8.68. The van der Waals surface area contributed by atoms with E-state index in [0.29, 0.717) is 0 Å². The minimum Gasteiger partial charge on any atom is -0.394 e. The van der Waals surface area contributed by atoms with Crippen LogP contribution in [0.4, 0.5) is 0 Å². The summed E-state index contributed by atoms with van der Waals surface area (Å²) < 4.78 is 5.61. The van der Waals surface area contributed by atoms with Gasteiger partial charge in [0.25, 0.3) is 0 Å². The summed E-state index contributed by atoms with van der Waals surface area (Å²) in [7, 11) is 0. The van der Waals surface area contributed by atoms with Crippen molar-refractivity contribution < 1.29 is 9.84 Å². The van der Waals surface area contributed by atoms with Gasteiger partial charge in [-0.2, -0.15) is 0 Å². The van der Waals surface area contributed by atoms with Crippen molar-refractivity contribution in [2.45, 2.75) is 71.3 Å². The fourth-order valence-corrected chi connectivity index (χ4v) is 2.10. The molecule has 0 rings (SSSR count). The predicted octanol–water partition coefficient (Wildman–Crippen LogP) is 3.11. The van der Waals surface area contributed by atoms with E-state index in [0.717, 1.165) is 39.0 Å². The van der Waals surface area contributed by atoms with Crippen molar-refractivity contribution in [3.05, 3.63) is 0 Å². The maximum atomic E-state index is 9.35. The summed E-state index contributed by atoms with van der Waals surface area (Å²) in [4.78, 5) is 0. The minimum atomic E-state index is -0.115. The molecular formula is C15H33NO2. The van der Waals surface area contributed by atoms with Crippen molar-refractivity contribution in [1.29, 1.82) is 0 Å². The highest BCUT2D eigenvalue weighted by atomic mass is 16.5. The third kappa shape index (κ3) is 9.86. The van der Waals surface area contributed by atoms with Crippen molar-refractivity contribution in [3.63, 3.8) is 0 Å². The van der Waals surface area contributed by atoms with E-state index >= 15 is 0 Å². The average Bonchev–Trinajstić information content (AvgIpc) is 2.37. The summed E-state index contributed by atoms with van der Waals surface area (Å²) >= 11 is 0. The highest BCUT2D eigenvalue weighted by Gasteiger charge is 2.20. The second kappa shape index (κ2) is 11.9. The lowest BCUT2D eigenvalue weighted by molar-refractivity contribution is 0.119. The van der Waals surface area contributed by atoms with Gasteiger partial charge in [0, 0.05) is 18.8 Å². The quantitative estimate of drug-likeness (QED) is 0.499. The van der Waals surface area contributed by atoms with Crippen LogP contribution in [0.5, 0.6) is 0 Å². The van der Waals surface area contributed by atoms with E-state index in [1.54, 1.807) is 0 Å². The molecule has 3 heteroatoms. The van der Waals surface area contributed by atoms with Crippen LogP contribution in [0.1, 0.15) is 65.7 Å². The van der Waals surface area contributed by atoms with Gasteiger partial charge in [0.1, 0.15) is 0 Å². The van der Waals surface area contributed by atoms with Crippen LogP contribution in [0.25, 0.3) is 0 Å². The second-order valence-electron chi connectivity index (χ2n) is 5.38. The zero-order valence-electron chi connectivity index (χ0n) is 12.6. The van der Waals surface area contributed by atoms with E-state index in [9.17, 15) is 5.11 Å². The Morgan fingerprint density at radius 3 is 2.22 bits per heavy atom. The van der Waals surface area contributed by atoms with E-state index in [1.807, 2.05) is 0 Å². The number of hydrogen-bond acceptors (Lipinski definition) is 3. The largest absolute Gasteiger partial charge is 0.394 e. The Morgan fingerprint density at radius 1 is 1.00 bits per heavy atom. The van der Waals surface area contributed by atoms with Crippen LogP contribution in [-0.2, 0) is 4.74 Å². The maximum Gasteiger partial charge on any atom is 0.0610 e. The summed E-state index contributed by atoms with van der Waals surface area (Å²) in [6.07, 6.45) is 8.30. The molecule has 3 nitrogen and oxygen atoms in total. The average molecular weight is 259 g/mol. The van der Waals surface area contributed by atoms with E-state index in [4.69, 9.17) is 4.74 Å². The van der Waals surface area contributed by atoms with Gasteiger partial charge in [0.05, 0.1) is 6.61 Å². The molecule has 1 unspecified atom stereocenters. The molecule has 0 aromatic carbocycles. The van der Waals surface area contributed by atoms with Gasteiger partial charge in [0.15, 0.2) is 0 Å². The second-order valence-corrected chi connectivity index (χ2v) is 5.38. The lowest BCUT2D eigenvalue weighted by Crippen LogP contribution is -2.45. The van der Waals surface area contributed by atoms with Crippen molar-refractivity contribution >= 4 is 0 Å². The Morgan fingerprint density at radius 2 is 1.67 bits per heavy atom. The number of likely N-dealkylation sites (N-methyl/N-ethyl adjacent to an activating group) is 1. The molecule has 0 amide bonds. The molecule has 0 saturated heterocycles. The number of aliphatic hydroxyl groups is 1. The molecule has 0 aromatic heterocycles. The minimum absolute atomic E-state index is 0.115. The third-order valence-corrected chi connectivity index (χ3v) is 3.36. The topological polar surface area (TPSA) is 41.5 Å².